The number of hydrogen-bond acceptors (Lipinski definition) is 4. The Balaban J connectivity index is 2.63. The largest absolute Gasteiger partial charge is 0.477 e. The second kappa shape index (κ2) is 2.19. The summed E-state index contributed by atoms with van der Waals surface area (Å²) in [7, 11) is 0. The minimum Gasteiger partial charge on any atom is -0.477 e. The van der Waals surface area contributed by atoms with Crippen molar-refractivity contribution in [1.82, 2.24) is 0 Å². The highest BCUT2D eigenvalue weighted by Crippen LogP contribution is 2.26. The summed E-state index contributed by atoms with van der Waals surface area (Å²) in [6.45, 7) is 0. The first-order valence-corrected chi connectivity index (χ1v) is 2.86. The summed E-state index contributed by atoms with van der Waals surface area (Å²) in [5.74, 6) is -3.62. The molecule has 5 nitrogen and oxygen atoms in total. The van der Waals surface area contributed by atoms with Crippen LogP contribution in [0.3, 0.4) is 0 Å². The van der Waals surface area contributed by atoms with Crippen molar-refractivity contribution in [3.8, 4) is 0 Å². The lowest BCUT2D eigenvalue weighted by Gasteiger charge is -2.15. The molecule has 10 heavy (non-hydrogen) atoms. The summed E-state index contributed by atoms with van der Waals surface area (Å²) in [6.07, 6.45) is -1.06. The summed E-state index contributed by atoms with van der Waals surface area (Å²) in [4.78, 5) is 10.2. The molecule has 2 atom stereocenters. The summed E-state index contributed by atoms with van der Waals surface area (Å²) >= 11 is 0. The third-order valence-electron chi connectivity index (χ3n) is 1.40. The van der Waals surface area contributed by atoms with Crippen LogP contribution in [0.4, 0.5) is 0 Å². The minimum atomic E-state index is -2.17. The van der Waals surface area contributed by atoms with Crippen molar-refractivity contribution in [2.75, 3.05) is 0 Å². The van der Waals surface area contributed by atoms with Crippen molar-refractivity contribution in [3.05, 3.63) is 0 Å². The molecular formula is C5H8O5. The molecule has 1 rings (SSSR count). The Bertz CT molecular complexity index is 156. The highest BCUT2D eigenvalue weighted by atomic mass is 16.7. The van der Waals surface area contributed by atoms with Crippen molar-refractivity contribution in [2.24, 2.45) is 0 Å². The zero-order chi connectivity index (χ0) is 7.78. The van der Waals surface area contributed by atoms with Gasteiger partial charge in [-0.3, -0.25) is 0 Å². The molecule has 1 aliphatic heterocycles. The average Bonchev–Trinajstić information content (AvgIpc) is 2.13. The van der Waals surface area contributed by atoms with Crippen molar-refractivity contribution in [2.45, 2.75) is 24.9 Å². The van der Waals surface area contributed by atoms with Crippen LogP contribution in [0.2, 0.25) is 0 Å². The van der Waals surface area contributed by atoms with E-state index in [1.807, 2.05) is 0 Å². The number of carboxylic acids is 1. The first-order valence-electron chi connectivity index (χ1n) is 2.86. The quantitative estimate of drug-likeness (QED) is 0.439. The van der Waals surface area contributed by atoms with Gasteiger partial charge in [0.1, 0.15) is 0 Å². The average molecular weight is 148 g/mol. The van der Waals surface area contributed by atoms with Gasteiger partial charge in [0, 0.05) is 12.8 Å². The van der Waals surface area contributed by atoms with Crippen LogP contribution < -0.4 is 0 Å². The molecule has 0 radical (unpaired) electrons. The molecule has 0 aromatic carbocycles. The van der Waals surface area contributed by atoms with Crippen LogP contribution in [0.15, 0.2) is 0 Å². The summed E-state index contributed by atoms with van der Waals surface area (Å²) in [5, 5.41) is 25.9. The van der Waals surface area contributed by atoms with Gasteiger partial charge in [0.2, 0.25) is 0 Å². The Hall–Kier alpha value is -0.650. The van der Waals surface area contributed by atoms with Crippen LogP contribution in [0.1, 0.15) is 12.8 Å². The molecule has 58 valence electrons. The van der Waals surface area contributed by atoms with Crippen molar-refractivity contribution >= 4 is 5.97 Å². The van der Waals surface area contributed by atoms with E-state index in [4.69, 9.17) is 15.3 Å². The molecular weight excluding hydrogens is 140 g/mol. The summed E-state index contributed by atoms with van der Waals surface area (Å²) < 4.78 is 4.32. The number of ether oxygens (including phenoxy) is 1. The SMILES string of the molecule is O=C(O)[C@]1(O)CC[C@@H](O)O1. The van der Waals surface area contributed by atoms with Gasteiger partial charge in [-0.2, -0.15) is 0 Å². The molecule has 0 amide bonds. The zero-order valence-electron chi connectivity index (χ0n) is 5.15. The molecule has 1 saturated heterocycles. The van der Waals surface area contributed by atoms with E-state index in [1.54, 1.807) is 0 Å². The molecule has 1 fully saturated rings. The molecule has 3 N–H and O–H groups in total. The van der Waals surface area contributed by atoms with E-state index >= 15 is 0 Å². The lowest BCUT2D eigenvalue weighted by Crippen LogP contribution is -2.38. The highest BCUT2D eigenvalue weighted by molar-refractivity contribution is 5.75. The van der Waals surface area contributed by atoms with Gasteiger partial charge in [-0.15, -0.1) is 0 Å². The number of aliphatic hydroxyl groups is 2. The molecule has 0 aromatic rings. The molecule has 1 heterocycles. The molecule has 0 spiro atoms. The van der Waals surface area contributed by atoms with Gasteiger partial charge in [0.05, 0.1) is 0 Å². The van der Waals surface area contributed by atoms with Gasteiger partial charge in [0.25, 0.3) is 5.79 Å². The molecule has 0 bridgehead atoms. The van der Waals surface area contributed by atoms with E-state index < -0.39 is 18.0 Å². The number of carbonyl (C=O) groups is 1. The van der Waals surface area contributed by atoms with Crippen molar-refractivity contribution < 1.29 is 24.9 Å². The maximum atomic E-state index is 10.2. The standard InChI is InChI=1S/C5H8O5/c6-3-1-2-5(9,10-3)4(7)8/h3,6,9H,1-2H2,(H,7,8)/t3-,5-/m0/s1. The van der Waals surface area contributed by atoms with E-state index in [2.05, 4.69) is 4.74 Å². The second-order valence-corrected chi connectivity index (χ2v) is 2.20. The van der Waals surface area contributed by atoms with E-state index in [-0.39, 0.29) is 12.8 Å². The van der Waals surface area contributed by atoms with E-state index in [0.717, 1.165) is 0 Å². The first kappa shape index (κ1) is 7.46. The fraction of sp³-hybridized carbons (Fsp3) is 0.800. The van der Waals surface area contributed by atoms with Gasteiger partial charge >= 0.3 is 5.97 Å². The summed E-state index contributed by atoms with van der Waals surface area (Å²) in [6, 6.07) is 0. The van der Waals surface area contributed by atoms with Gasteiger partial charge < -0.3 is 20.1 Å². The van der Waals surface area contributed by atoms with Crippen LogP contribution >= 0.6 is 0 Å². The lowest BCUT2D eigenvalue weighted by atomic mass is 10.2. The van der Waals surface area contributed by atoms with Gasteiger partial charge in [-0.05, 0) is 0 Å². The van der Waals surface area contributed by atoms with Gasteiger partial charge in [-0.25, -0.2) is 4.79 Å². The Morgan fingerprint density at radius 2 is 2.30 bits per heavy atom. The monoisotopic (exact) mass is 148 g/mol. The molecule has 0 saturated carbocycles. The van der Waals surface area contributed by atoms with Crippen LogP contribution in [-0.2, 0) is 9.53 Å². The normalized spacial score (nSPS) is 40.0. The Morgan fingerprint density at radius 1 is 1.70 bits per heavy atom. The maximum absolute atomic E-state index is 10.2. The Kier molecular flexibility index (Phi) is 1.63. The molecule has 0 unspecified atom stereocenters. The fourth-order valence-electron chi connectivity index (χ4n) is 0.819. The third kappa shape index (κ3) is 1.11. The number of aliphatic carboxylic acids is 1. The van der Waals surface area contributed by atoms with Crippen molar-refractivity contribution in [3.63, 3.8) is 0 Å². The minimum absolute atomic E-state index is 0.0660. The zero-order valence-corrected chi connectivity index (χ0v) is 5.15. The van der Waals surface area contributed by atoms with Gasteiger partial charge in [0.15, 0.2) is 6.29 Å². The summed E-state index contributed by atoms with van der Waals surface area (Å²) in [5.41, 5.74) is 0. The molecule has 1 aliphatic rings. The lowest BCUT2D eigenvalue weighted by molar-refractivity contribution is -0.242. The van der Waals surface area contributed by atoms with E-state index in [0.29, 0.717) is 0 Å². The Morgan fingerprint density at radius 3 is 2.50 bits per heavy atom. The predicted octanol–water partition coefficient (Wildman–Crippen LogP) is -1.11. The highest BCUT2D eigenvalue weighted by Gasteiger charge is 2.44. The van der Waals surface area contributed by atoms with E-state index in [9.17, 15) is 4.79 Å². The number of aliphatic hydroxyl groups excluding tert-OH is 1. The molecule has 0 aliphatic carbocycles. The second-order valence-electron chi connectivity index (χ2n) is 2.20. The van der Waals surface area contributed by atoms with Crippen LogP contribution in [0, 0.1) is 0 Å². The molecule has 5 heteroatoms. The van der Waals surface area contributed by atoms with Gasteiger partial charge in [-0.1, -0.05) is 0 Å². The van der Waals surface area contributed by atoms with Crippen LogP contribution in [0.5, 0.6) is 0 Å². The van der Waals surface area contributed by atoms with E-state index in [1.165, 1.54) is 0 Å². The van der Waals surface area contributed by atoms with Crippen molar-refractivity contribution in [1.29, 1.82) is 0 Å². The predicted molar refractivity (Wildman–Crippen MR) is 28.9 cm³/mol. The maximum Gasteiger partial charge on any atom is 0.364 e. The number of hydrogen-bond donors (Lipinski definition) is 3. The topological polar surface area (TPSA) is 87.0 Å². The van der Waals surface area contributed by atoms with Crippen LogP contribution in [-0.4, -0.2) is 33.4 Å². The fourth-order valence-corrected chi connectivity index (χ4v) is 0.819. The van der Waals surface area contributed by atoms with Crippen LogP contribution in [0.25, 0.3) is 0 Å². The smallest absolute Gasteiger partial charge is 0.364 e. The molecule has 0 aromatic heterocycles. The number of carboxylic acid groups (broad SMARTS) is 1. The number of rotatable bonds is 1. The Labute approximate surface area is 56.9 Å². The third-order valence-corrected chi connectivity index (χ3v) is 1.40. The first-order chi connectivity index (χ1) is 4.54.